The molecule has 1 aliphatic heterocycles. The summed E-state index contributed by atoms with van der Waals surface area (Å²) < 4.78 is 13.5. The first-order chi connectivity index (χ1) is 16.5. The van der Waals surface area contributed by atoms with E-state index in [2.05, 4.69) is 75.3 Å². The van der Waals surface area contributed by atoms with Gasteiger partial charge in [0.15, 0.2) is 5.70 Å². The summed E-state index contributed by atoms with van der Waals surface area (Å²) >= 11 is 4.53. The molecule has 0 atom stereocenters. The molecule has 0 saturated carbocycles. The first kappa shape index (κ1) is 23.0. The van der Waals surface area contributed by atoms with Crippen molar-refractivity contribution in [2.75, 3.05) is 0 Å². The van der Waals surface area contributed by atoms with E-state index in [1.54, 1.807) is 6.08 Å². The molecule has 0 aromatic heterocycles. The predicted molar refractivity (Wildman–Crippen MR) is 152 cm³/mol. The lowest BCUT2D eigenvalue weighted by molar-refractivity contribution is -0.129. The van der Waals surface area contributed by atoms with Crippen LogP contribution >= 0.6 is 45.2 Å². The summed E-state index contributed by atoms with van der Waals surface area (Å²) in [5.41, 5.74) is 4.26. The van der Waals surface area contributed by atoms with Gasteiger partial charge in [0.1, 0.15) is 12.4 Å². The van der Waals surface area contributed by atoms with Crippen LogP contribution < -0.4 is 4.74 Å². The van der Waals surface area contributed by atoms with Gasteiger partial charge in [0, 0.05) is 5.56 Å². The van der Waals surface area contributed by atoms with Gasteiger partial charge >= 0.3 is 5.97 Å². The van der Waals surface area contributed by atoms with E-state index < -0.39 is 5.97 Å². The van der Waals surface area contributed by atoms with Gasteiger partial charge in [0.2, 0.25) is 5.90 Å². The third kappa shape index (κ3) is 5.02. The van der Waals surface area contributed by atoms with E-state index in [0.29, 0.717) is 12.5 Å². The molecule has 1 heterocycles. The number of halogens is 2. The highest BCUT2D eigenvalue weighted by atomic mass is 127. The van der Waals surface area contributed by atoms with E-state index in [4.69, 9.17) is 9.47 Å². The maximum atomic E-state index is 12.5. The predicted octanol–water partition coefficient (Wildman–Crippen LogP) is 7.28. The largest absolute Gasteiger partial charge is 0.487 e. The molecular weight excluding hydrogens is 652 g/mol. The molecule has 4 aromatic rings. The SMILES string of the molecule is Cc1cccc(COc2c(I)cc(/C=C3\N=C(c4ccc5ccccc5c4)OC3=O)cc2I)c1. The first-order valence-corrected chi connectivity index (χ1v) is 12.8. The molecule has 0 fully saturated rings. The molecule has 4 nitrogen and oxygen atoms in total. The number of nitrogens with zero attached hydrogens (tertiary/aromatic N) is 1. The minimum atomic E-state index is -0.451. The Kier molecular flexibility index (Phi) is 6.69. The Morgan fingerprint density at radius 1 is 0.912 bits per heavy atom. The summed E-state index contributed by atoms with van der Waals surface area (Å²) in [6.07, 6.45) is 1.75. The van der Waals surface area contributed by atoms with Gasteiger partial charge in [0.25, 0.3) is 0 Å². The standard InChI is InChI=1S/C28H19I2NO3/c1-17-5-4-6-18(11-17)16-33-26-23(29)12-19(13-24(26)30)14-25-28(32)34-27(31-25)22-10-9-20-7-2-3-8-21(20)15-22/h2-15H,16H2,1H3/b25-14-. The Morgan fingerprint density at radius 2 is 1.68 bits per heavy atom. The molecule has 0 aliphatic carbocycles. The lowest BCUT2D eigenvalue weighted by atomic mass is 10.1. The molecule has 1 aliphatic rings. The van der Waals surface area contributed by atoms with Crippen LogP contribution in [0.4, 0.5) is 0 Å². The monoisotopic (exact) mass is 671 g/mol. The van der Waals surface area contributed by atoms with Crippen LogP contribution in [-0.2, 0) is 16.1 Å². The van der Waals surface area contributed by atoms with Gasteiger partial charge in [0.05, 0.1) is 7.14 Å². The smallest absolute Gasteiger partial charge is 0.363 e. The van der Waals surface area contributed by atoms with Gasteiger partial charge in [-0.2, -0.15) is 0 Å². The van der Waals surface area contributed by atoms with Crippen molar-refractivity contribution in [1.29, 1.82) is 0 Å². The van der Waals surface area contributed by atoms with E-state index in [1.807, 2.05) is 60.7 Å². The fraction of sp³-hybridized carbons (Fsp3) is 0.0714. The number of carbonyl (C=O) groups is 1. The van der Waals surface area contributed by atoms with E-state index in [0.717, 1.165) is 40.4 Å². The fourth-order valence-electron chi connectivity index (χ4n) is 3.77. The number of rotatable bonds is 5. The van der Waals surface area contributed by atoms with Crippen LogP contribution in [0.15, 0.2) is 89.6 Å². The average Bonchev–Trinajstić information content (AvgIpc) is 3.18. The lowest BCUT2D eigenvalue weighted by Gasteiger charge is -2.12. The van der Waals surface area contributed by atoms with Gasteiger partial charge in [-0.05, 0) is 104 Å². The zero-order chi connectivity index (χ0) is 23.7. The molecule has 0 amide bonds. The van der Waals surface area contributed by atoms with Crippen molar-refractivity contribution in [3.05, 3.63) is 114 Å². The Hall–Kier alpha value is -2.72. The maximum absolute atomic E-state index is 12.5. The number of aliphatic imine (C=N–C) groups is 1. The van der Waals surface area contributed by atoms with Crippen LogP contribution in [0.2, 0.25) is 0 Å². The molecular formula is C28H19I2NO3. The molecule has 168 valence electrons. The third-order valence-electron chi connectivity index (χ3n) is 5.41. The van der Waals surface area contributed by atoms with Gasteiger partial charge in [-0.1, -0.05) is 60.2 Å². The van der Waals surface area contributed by atoms with Crippen molar-refractivity contribution < 1.29 is 14.3 Å². The molecule has 0 N–H and O–H groups in total. The van der Waals surface area contributed by atoms with E-state index in [1.165, 1.54) is 5.56 Å². The van der Waals surface area contributed by atoms with Crippen LogP contribution in [0.25, 0.3) is 16.8 Å². The normalized spacial score (nSPS) is 14.4. The number of hydrogen-bond donors (Lipinski definition) is 0. The third-order valence-corrected chi connectivity index (χ3v) is 7.01. The van der Waals surface area contributed by atoms with Gasteiger partial charge in [-0.3, -0.25) is 0 Å². The van der Waals surface area contributed by atoms with Gasteiger partial charge < -0.3 is 9.47 Å². The molecule has 6 heteroatoms. The summed E-state index contributed by atoms with van der Waals surface area (Å²) in [6.45, 7) is 2.57. The van der Waals surface area contributed by atoms with E-state index in [-0.39, 0.29) is 5.70 Å². The van der Waals surface area contributed by atoms with Crippen LogP contribution in [0.1, 0.15) is 22.3 Å². The first-order valence-electron chi connectivity index (χ1n) is 10.7. The summed E-state index contributed by atoms with van der Waals surface area (Å²) in [5, 5.41) is 2.20. The highest BCUT2D eigenvalue weighted by Gasteiger charge is 2.24. The van der Waals surface area contributed by atoms with Crippen LogP contribution in [0.3, 0.4) is 0 Å². The van der Waals surface area contributed by atoms with Crippen molar-refractivity contribution >= 4 is 73.9 Å². The fourth-order valence-corrected chi connectivity index (χ4v) is 5.90. The molecule has 0 spiro atoms. The van der Waals surface area contributed by atoms with E-state index in [9.17, 15) is 4.79 Å². The molecule has 5 rings (SSSR count). The Labute approximate surface area is 225 Å². The highest BCUT2D eigenvalue weighted by Crippen LogP contribution is 2.31. The number of hydrogen-bond acceptors (Lipinski definition) is 4. The molecule has 0 radical (unpaired) electrons. The van der Waals surface area contributed by atoms with Crippen LogP contribution in [0.5, 0.6) is 5.75 Å². The van der Waals surface area contributed by atoms with Crippen molar-refractivity contribution in [1.82, 2.24) is 0 Å². The average molecular weight is 671 g/mol. The second-order valence-corrected chi connectivity index (χ2v) is 10.3. The number of benzene rings is 4. The lowest BCUT2D eigenvalue weighted by Crippen LogP contribution is -2.05. The number of fused-ring (bicyclic) bond motifs is 1. The summed E-state index contributed by atoms with van der Waals surface area (Å²) in [7, 11) is 0. The zero-order valence-corrected chi connectivity index (χ0v) is 22.5. The Morgan fingerprint density at radius 3 is 2.44 bits per heavy atom. The minimum Gasteiger partial charge on any atom is -0.487 e. The summed E-state index contributed by atoms with van der Waals surface area (Å²) in [4.78, 5) is 17.0. The summed E-state index contributed by atoms with van der Waals surface area (Å²) in [5.74, 6) is 0.705. The summed E-state index contributed by atoms with van der Waals surface area (Å²) in [6, 6.07) is 26.2. The van der Waals surface area contributed by atoms with Crippen LogP contribution in [-0.4, -0.2) is 11.9 Å². The maximum Gasteiger partial charge on any atom is 0.363 e. The number of esters is 1. The number of cyclic esters (lactones) is 1. The molecule has 0 saturated heterocycles. The van der Waals surface area contributed by atoms with Gasteiger partial charge in [-0.15, -0.1) is 0 Å². The molecule has 0 unspecified atom stereocenters. The van der Waals surface area contributed by atoms with Crippen molar-refractivity contribution in [3.8, 4) is 5.75 Å². The zero-order valence-electron chi connectivity index (χ0n) is 18.2. The minimum absolute atomic E-state index is 0.281. The number of carbonyl (C=O) groups excluding carboxylic acids is 1. The molecule has 34 heavy (non-hydrogen) atoms. The highest BCUT2D eigenvalue weighted by molar-refractivity contribution is 14.1. The Balaban J connectivity index is 1.39. The molecule has 0 bridgehead atoms. The van der Waals surface area contributed by atoms with E-state index >= 15 is 0 Å². The number of aryl methyl sites for hydroxylation is 1. The molecule has 4 aromatic carbocycles. The number of ether oxygens (including phenoxy) is 2. The van der Waals surface area contributed by atoms with Crippen molar-refractivity contribution in [2.45, 2.75) is 13.5 Å². The van der Waals surface area contributed by atoms with Gasteiger partial charge in [-0.25, -0.2) is 9.79 Å². The second-order valence-electron chi connectivity index (χ2n) is 7.99. The second kappa shape index (κ2) is 9.87. The topological polar surface area (TPSA) is 47.9 Å². The quantitative estimate of drug-likeness (QED) is 0.127. The van der Waals surface area contributed by atoms with Crippen molar-refractivity contribution in [2.24, 2.45) is 4.99 Å². The Bertz CT molecular complexity index is 1470. The van der Waals surface area contributed by atoms with Crippen LogP contribution in [0, 0.1) is 14.1 Å². The van der Waals surface area contributed by atoms with Crippen molar-refractivity contribution in [3.63, 3.8) is 0 Å².